The maximum Gasteiger partial charge on any atom is 0.130 e. The SMILES string of the molecule is C=C(Br)CNc1cc(Br)ncn1. The van der Waals surface area contributed by atoms with Gasteiger partial charge in [0.15, 0.2) is 0 Å². The molecule has 0 aliphatic carbocycles. The van der Waals surface area contributed by atoms with Crippen molar-refractivity contribution >= 4 is 37.7 Å². The van der Waals surface area contributed by atoms with Crippen molar-refractivity contribution in [2.45, 2.75) is 0 Å². The Morgan fingerprint density at radius 2 is 2.33 bits per heavy atom. The van der Waals surface area contributed by atoms with Crippen molar-refractivity contribution in [1.29, 1.82) is 0 Å². The first-order valence-corrected chi connectivity index (χ1v) is 4.82. The summed E-state index contributed by atoms with van der Waals surface area (Å²) in [4.78, 5) is 7.90. The zero-order chi connectivity index (χ0) is 8.97. The molecule has 0 radical (unpaired) electrons. The van der Waals surface area contributed by atoms with Crippen LogP contribution in [0.15, 0.2) is 28.1 Å². The van der Waals surface area contributed by atoms with Crippen molar-refractivity contribution in [1.82, 2.24) is 9.97 Å². The standard InChI is InChI=1S/C7H7Br2N3/c1-5(8)3-10-7-2-6(9)11-4-12-7/h2,4H,1,3H2,(H,10,11,12). The predicted molar refractivity (Wildman–Crippen MR) is 56.3 cm³/mol. The molecule has 5 heteroatoms. The van der Waals surface area contributed by atoms with Crippen molar-refractivity contribution < 1.29 is 0 Å². The molecule has 1 N–H and O–H groups in total. The number of nitrogens with zero attached hydrogens (tertiary/aromatic N) is 2. The Morgan fingerprint density at radius 1 is 1.58 bits per heavy atom. The molecule has 1 aromatic rings. The second-order valence-electron chi connectivity index (χ2n) is 2.10. The molecule has 0 fully saturated rings. The lowest BCUT2D eigenvalue weighted by atomic mass is 10.5. The van der Waals surface area contributed by atoms with Crippen LogP contribution in [0.4, 0.5) is 5.82 Å². The zero-order valence-electron chi connectivity index (χ0n) is 6.22. The van der Waals surface area contributed by atoms with Gasteiger partial charge in [0.1, 0.15) is 16.7 Å². The Bertz CT molecular complexity index is 288. The molecular formula is C7H7Br2N3. The summed E-state index contributed by atoms with van der Waals surface area (Å²) in [6.45, 7) is 4.35. The number of hydrogen-bond acceptors (Lipinski definition) is 3. The lowest BCUT2D eigenvalue weighted by Gasteiger charge is -2.02. The Kier molecular flexibility index (Phi) is 3.68. The highest BCUT2D eigenvalue weighted by Crippen LogP contribution is 2.10. The number of rotatable bonds is 3. The van der Waals surface area contributed by atoms with Crippen LogP contribution in [0.1, 0.15) is 0 Å². The van der Waals surface area contributed by atoms with Gasteiger partial charge in [-0.05, 0) is 15.9 Å². The average Bonchev–Trinajstić information content (AvgIpc) is 2.01. The van der Waals surface area contributed by atoms with Crippen LogP contribution in [0.3, 0.4) is 0 Å². The van der Waals surface area contributed by atoms with Crippen LogP contribution in [0, 0.1) is 0 Å². The molecule has 0 saturated heterocycles. The van der Waals surface area contributed by atoms with E-state index in [9.17, 15) is 0 Å². The predicted octanol–water partition coefficient (Wildman–Crippen LogP) is 2.56. The Labute approximate surface area is 87.6 Å². The van der Waals surface area contributed by atoms with Gasteiger partial charge in [-0.3, -0.25) is 0 Å². The van der Waals surface area contributed by atoms with Gasteiger partial charge in [0.2, 0.25) is 0 Å². The maximum atomic E-state index is 4.00. The molecule has 64 valence electrons. The van der Waals surface area contributed by atoms with E-state index in [1.165, 1.54) is 6.33 Å². The first-order chi connectivity index (χ1) is 5.68. The fraction of sp³-hybridized carbons (Fsp3) is 0.143. The summed E-state index contributed by atoms with van der Waals surface area (Å²) in [6, 6.07) is 1.80. The molecule has 0 atom stereocenters. The number of hydrogen-bond donors (Lipinski definition) is 1. The smallest absolute Gasteiger partial charge is 0.130 e. The minimum Gasteiger partial charge on any atom is -0.365 e. The van der Waals surface area contributed by atoms with E-state index in [-0.39, 0.29) is 0 Å². The van der Waals surface area contributed by atoms with Crippen molar-refractivity contribution in [2.75, 3.05) is 11.9 Å². The van der Waals surface area contributed by atoms with E-state index < -0.39 is 0 Å². The molecule has 3 nitrogen and oxygen atoms in total. The van der Waals surface area contributed by atoms with Gasteiger partial charge in [0, 0.05) is 17.1 Å². The summed E-state index contributed by atoms with van der Waals surface area (Å²) in [6.07, 6.45) is 1.49. The lowest BCUT2D eigenvalue weighted by Crippen LogP contribution is -2.02. The number of halogens is 2. The molecule has 0 aromatic carbocycles. The maximum absolute atomic E-state index is 4.00. The van der Waals surface area contributed by atoms with Gasteiger partial charge in [0.05, 0.1) is 0 Å². The van der Waals surface area contributed by atoms with Crippen molar-refractivity contribution in [3.8, 4) is 0 Å². The van der Waals surface area contributed by atoms with Crippen molar-refractivity contribution in [2.24, 2.45) is 0 Å². The minimum absolute atomic E-state index is 0.656. The molecule has 1 aromatic heterocycles. The van der Waals surface area contributed by atoms with Crippen LogP contribution in [-0.2, 0) is 0 Å². The van der Waals surface area contributed by atoms with Gasteiger partial charge < -0.3 is 5.32 Å². The highest BCUT2D eigenvalue weighted by atomic mass is 79.9. The average molecular weight is 293 g/mol. The van der Waals surface area contributed by atoms with E-state index >= 15 is 0 Å². The third-order valence-corrected chi connectivity index (χ3v) is 1.81. The molecule has 0 bridgehead atoms. The summed E-state index contributed by atoms with van der Waals surface area (Å²) < 4.78 is 1.65. The van der Waals surface area contributed by atoms with E-state index in [2.05, 4.69) is 53.7 Å². The molecule has 0 unspecified atom stereocenters. The van der Waals surface area contributed by atoms with Crippen LogP contribution in [0.25, 0.3) is 0 Å². The first kappa shape index (κ1) is 9.67. The second kappa shape index (κ2) is 4.57. The molecular weight excluding hydrogens is 286 g/mol. The van der Waals surface area contributed by atoms with E-state index in [4.69, 9.17) is 0 Å². The molecule has 12 heavy (non-hydrogen) atoms. The normalized spacial score (nSPS) is 9.50. The third-order valence-electron chi connectivity index (χ3n) is 1.10. The lowest BCUT2D eigenvalue weighted by molar-refractivity contribution is 1.12. The van der Waals surface area contributed by atoms with Gasteiger partial charge in [-0.15, -0.1) is 0 Å². The van der Waals surface area contributed by atoms with Crippen LogP contribution in [-0.4, -0.2) is 16.5 Å². The highest BCUT2D eigenvalue weighted by molar-refractivity contribution is 9.11. The molecule has 1 rings (SSSR count). The van der Waals surface area contributed by atoms with E-state index in [1.807, 2.05) is 0 Å². The summed E-state index contributed by atoms with van der Waals surface area (Å²) in [5.74, 6) is 0.775. The van der Waals surface area contributed by atoms with E-state index in [0.717, 1.165) is 14.9 Å². The molecule has 0 spiro atoms. The Balaban J connectivity index is 2.57. The Hall–Kier alpha value is -0.420. The molecule has 0 saturated carbocycles. The quantitative estimate of drug-likeness (QED) is 0.870. The number of aromatic nitrogens is 2. The second-order valence-corrected chi connectivity index (χ2v) is 4.03. The molecule has 1 heterocycles. The monoisotopic (exact) mass is 291 g/mol. The van der Waals surface area contributed by atoms with Gasteiger partial charge in [-0.1, -0.05) is 22.5 Å². The number of anilines is 1. The van der Waals surface area contributed by atoms with E-state index in [0.29, 0.717) is 6.54 Å². The van der Waals surface area contributed by atoms with Crippen LogP contribution < -0.4 is 5.32 Å². The molecule has 0 aliphatic rings. The van der Waals surface area contributed by atoms with Crippen molar-refractivity contribution in [3.05, 3.63) is 28.1 Å². The summed E-state index contributed by atoms with van der Waals surface area (Å²) in [5.41, 5.74) is 0. The summed E-state index contributed by atoms with van der Waals surface area (Å²) in [7, 11) is 0. The van der Waals surface area contributed by atoms with Gasteiger partial charge in [-0.25, -0.2) is 9.97 Å². The van der Waals surface area contributed by atoms with Gasteiger partial charge in [0.25, 0.3) is 0 Å². The third kappa shape index (κ3) is 3.32. The summed E-state index contributed by atoms with van der Waals surface area (Å²) in [5, 5.41) is 3.06. The van der Waals surface area contributed by atoms with Gasteiger partial charge in [-0.2, -0.15) is 0 Å². The molecule has 0 amide bonds. The highest BCUT2D eigenvalue weighted by Gasteiger charge is 1.94. The molecule has 0 aliphatic heterocycles. The van der Waals surface area contributed by atoms with Crippen LogP contribution in [0.2, 0.25) is 0 Å². The fourth-order valence-corrected chi connectivity index (χ4v) is 1.07. The summed E-state index contributed by atoms with van der Waals surface area (Å²) >= 11 is 6.48. The van der Waals surface area contributed by atoms with Crippen LogP contribution in [0.5, 0.6) is 0 Å². The topological polar surface area (TPSA) is 37.8 Å². The zero-order valence-corrected chi connectivity index (χ0v) is 9.39. The van der Waals surface area contributed by atoms with Crippen LogP contribution >= 0.6 is 31.9 Å². The minimum atomic E-state index is 0.656. The van der Waals surface area contributed by atoms with Crippen molar-refractivity contribution in [3.63, 3.8) is 0 Å². The van der Waals surface area contributed by atoms with E-state index in [1.54, 1.807) is 6.07 Å². The fourth-order valence-electron chi connectivity index (χ4n) is 0.617. The van der Waals surface area contributed by atoms with Gasteiger partial charge >= 0.3 is 0 Å². The largest absolute Gasteiger partial charge is 0.365 e. The number of nitrogens with one attached hydrogen (secondary N) is 1. The first-order valence-electron chi connectivity index (χ1n) is 3.23. The Morgan fingerprint density at radius 3 is 2.92 bits per heavy atom.